The van der Waals surface area contributed by atoms with Crippen LogP contribution in [0.3, 0.4) is 0 Å². The number of hydrogen-bond donors (Lipinski definition) is 1. The van der Waals surface area contributed by atoms with E-state index in [2.05, 4.69) is 29.0 Å². The zero-order valence-corrected chi connectivity index (χ0v) is 18.3. The quantitative estimate of drug-likeness (QED) is 0.588. The van der Waals surface area contributed by atoms with E-state index in [0.717, 1.165) is 9.13 Å². The molecule has 0 radical (unpaired) electrons. The number of alkyl halides is 3. The third-order valence-corrected chi connectivity index (χ3v) is 5.21. The first-order valence-corrected chi connectivity index (χ1v) is 10.1. The van der Waals surface area contributed by atoms with E-state index >= 15 is 0 Å². The third kappa shape index (κ3) is 4.55. The maximum absolute atomic E-state index is 13.3. The Morgan fingerprint density at radius 1 is 1.12 bits per heavy atom. The normalized spacial score (nSPS) is 18.2. The average molecular weight is 468 g/mol. The number of aromatic nitrogens is 2. The molecule has 0 aliphatic carbocycles. The summed E-state index contributed by atoms with van der Waals surface area (Å²) < 4.78 is 41.2. The second-order valence-corrected chi connectivity index (χ2v) is 7.22. The molecule has 0 aromatic carbocycles. The van der Waals surface area contributed by atoms with Crippen molar-refractivity contribution in [1.29, 1.82) is 0 Å². The highest BCUT2D eigenvalue weighted by molar-refractivity contribution is 5.80. The highest BCUT2D eigenvalue weighted by atomic mass is 19.4. The molecule has 1 aromatic heterocycles. The van der Waals surface area contributed by atoms with Gasteiger partial charge in [0.15, 0.2) is 17.8 Å². The Kier molecular flexibility index (Phi) is 7.05. The molecule has 13 heteroatoms. The lowest BCUT2D eigenvalue weighted by molar-refractivity contribution is -0.203. The lowest BCUT2D eigenvalue weighted by atomic mass is 10.3. The zero-order chi connectivity index (χ0) is 24.3. The van der Waals surface area contributed by atoms with Crippen LogP contribution in [0.4, 0.5) is 24.7 Å². The van der Waals surface area contributed by atoms with Crippen molar-refractivity contribution in [2.24, 2.45) is 7.05 Å². The minimum atomic E-state index is -5.28. The SMILES string of the molecule is CC#CCN1c2c(n(C)c(=O)n(CC#CC)c2=O)N(OC(=O)C(F)(F)F)C1N1CCNCC1. The van der Waals surface area contributed by atoms with Crippen LogP contribution < -0.4 is 26.5 Å². The largest absolute Gasteiger partial charge is 0.493 e. The van der Waals surface area contributed by atoms with Crippen LogP contribution in [0.2, 0.25) is 0 Å². The second kappa shape index (κ2) is 9.60. The van der Waals surface area contributed by atoms with Gasteiger partial charge in [-0.2, -0.15) is 13.2 Å². The summed E-state index contributed by atoms with van der Waals surface area (Å²) in [4.78, 5) is 46.0. The fourth-order valence-corrected chi connectivity index (χ4v) is 3.71. The molecule has 3 heterocycles. The van der Waals surface area contributed by atoms with Crippen molar-refractivity contribution in [2.45, 2.75) is 32.9 Å². The van der Waals surface area contributed by atoms with Gasteiger partial charge >= 0.3 is 17.8 Å². The Morgan fingerprint density at radius 2 is 1.73 bits per heavy atom. The van der Waals surface area contributed by atoms with Crippen LogP contribution in [0.1, 0.15) is 13.8 Å². The monoisotopic (exact) mass is 468 g/mol. The van der Waals surface area contributed by atoms with Gasteiger partial charge in [-0.1, -0.05) is 11.8 Å². The standard InChI is InChI=1S/C20H23F3N6O4/c1-4-6-10-27-14-15(25(3)19(32)28(16(14)30)11-7-5-2)29(33-17(31)20(21,22)23)18(27)26-12-8-24-9-13-26/h18,24H,8-13H2,1-3H3. The average Bonchev–Trinajstić information content (AvgIpc) is 3.10. The summed E-state index contributed by atoms with van der Waals surface area (Å²) >= 11 is 0. The Balaban J connectivity index is 2.26. The Bertz CT molecular complexity index is 1160. The number of nitrogens with one attached hydrogen (secondary N) is 1. The third-order valence-electron chi connectivity index (χ3n) is 5.21. The van der Waals surface area contributed by atoms with Gasteiger partial charge in [0, 0.05) is 33.2 Å². The van der Waals surface area contributed by atoms with E-state index in [1.165, 1.54) is 11.9 Å². The molecular weight excluding hydrogens is 445 g/mol. The lowest BCUT2D eigenvalue weighted by Crippen LogP contribution is -2.61. The summed E-state index contributed by atoms with van der Waals surface area (Å²) in [5, 5.41) is 3.82. The van der Waals surface area contributed by atoms with Crippen molar-refractivity contribution < 1.29 is 22.8 Å². The molecule has 33 heavy (non-hydrogen) atoms. The zero-order valence-electron chi connectivity index (χ0n) is 18.3. The van der Waals surface area contributed by atoms with Crippen molar-refractivity contribution in [3.05, 3.63) is 20.8 Å². The van der Waals surface area contributed by atoms with Crippen molar-refractivity contribution in [1.82, 2.24) is 19.4 Å². The van der Waals surface area contributed by atoms with E-state index in [1.54, 1.807) is 18.7 Å². The summed E-state index contributed by atoms with van der Waals surface area (Å²) in [7, 11) is 1.29. The summed E-state index contributed by atoms with van der Waals surface area (Å²) in [6, 6.07) is 0. The fraction of sp³-hybridized carbons (Fsp3) is 0.550. The van der Waals surface area contributed by atoms with Gasteiger partial charge in [-0.25, -0.2) is 14.2 Å². The molecule has 1 N–H and O–H groups in total. The number of halogens is 3. The molecule has 0 spiro atoms. The van der Waals surface area contributed by atoms with Crippen LogP contribution >= 0.6 is 0 Å². The van der Waals surface area contributed by atoms with Gasteiger partial charge < -0.3 is 15.1 Å². The first kappa shape index (κ1) is 24.2. The topological polar surface area (TPSA) is 92.0 Å². The van der Waals surface area contributed by atoms with Gasteiger partial charge in [0.1, 0.15) is 0 Å². The molecule has 1 saturated heterocycles. The van der Waals surface area contributed by atoms with Crippen LogP contribution in [-0.4, -0.2) is 65.2 Å². The van der Waals surface area contributed by atoms with Crippen LogP contribution in [0.25, 0.3) is 0 Å². The number of hydrogen-bond acceptors (Lipinski definition) is 8. The predicted octanol–water partition coefficient (Wildman–Crippen LogP) is -0.571. The first-order chi connectivity index (χ1) is 15.6. The van der Waals surface area contributed by atoms with Gasteiger partial charge in [0.05, 0.1) is 13.1 Å². The number of fused-ring (bicyclic) bond motifs is 1. The summed E-state index contributed by atoms with van der Waals surface area (Å²) in [6.07, 6.45) is -6.39. The van der Waals surface area contributed by atoms with Crippen molar-refractivity contribution in [2.75, 3.05) is 42.7 Å². The van der Waals surface area contributed by atoms with Crippen LogP contribution in [0.5, 0.6) is 0 Å². The minimum Gasteiger partial charge on any atom is -0.327 e. The second-order valence-electron chi connectivity index (χ2n) is 7.22. The number of anilines is 2. The van der Waals surface area contributed by atoms with Gasteiger partial charge in [-0.3, -0.25) is 14.3 Å². The summed E-state index contributed by atoms with van der Waals surface area (Å²) in [6.45, 7) is 4.69. The maximum Gasteiger partial charge on any atom is 0.493 e. The Hall–Kier alpha value is -3.42. The summed E-state index contributed by atoms with van der Waals surface area (Å²) in [5.74, 6) is 8.03. The molecule has 2 aliphatic heterocycles. The number of carbonyl (C=O) groups is 1. The molecule has 1 atom stereocenters. The lowest BCUT2D eigenvalue weighted by Gasteiger charge is -2.40. The molecule has 2 aliphatic rings. The molecule has 1 aromatic rings. The molecular formula is C20H23F3N6O4. The maximum atomic E-state index is 13.3. The molecule has 1 unspecified atom stereocenters. The van der Waals surface area contributed by atoms with Crippen LogP contribution in [-0.2, 0) is 23.2 Å². The van der Waals surface area contributed by atoms with E-state index in [0.29, 0.717) is 31.2 Å². The van der Waals surface area contributed by atoms with Gasteiger partial charge in [0.2, 0.25) is 0 Å². The van der Waals surface area contributed by atoms with Crippen LogP contribution in [0.15, 0.2) is 9.59 Å². The van der Waals surface area contributed by atoms with Crippen molar-refractivity contribution in [3.63, 3.8) is 0 Å². The molecule has 0 bridgehead atoms. The fourth-order valence-electron chi connectivity index (χ4n) is 3.71. The number of rotatable bonds is 4. The van der Waals surface area contributed by atoms with E-state index in [9.17, 15) is 27.6 Å². The molecule has 10 nitrogen and oxygen atoms in total. The predicted molar refractivity (Wildman–Crippen MR) is 113 cm³/mol. The molecule has 178 valence electrons. The summed E-state index contributed by atoms with van der Waals surface area (Å²) in [5.41, 5.74) is -1.67. The van der Waals surface area contributed by atoms with E-state index in [4.69, 9.17) is 4.84 Å². The van der Waals surface area contributed by atoms with Gasteiger partial charge in [-0.15, -0.1) is 16.9 Å². The Morgan fingerprint density at radius 3 is 2.30 bits per heavy atom. The molecule has 0 saturated carbocycles. The minimum absolute atomic E-state index is 0.0505. The molecule has 0 amide bonds. The number of carbonyl (C=O) groups excluding carboxylic acids is 1. The number of nitrogens with zero attached hydrogens (tertiary/aromatic N) is 5. The highest BCUT2D eigenvalue weighted by Gasteiger charge is 2.50. The van der Waals surface area contributed by atoms with E-state index in [1.807, 2.05) is 0 Å². The number of piperazine rings is 1. The van der Waals surface area contributed by atoms with Gasteiger partial charge in [0.25, 0.3) is 5.56 Å². The smallest absolute Gasteiger partial charge is 0.327 e. The van der Waals surface area contributed by atoms with E-state index < -0.39 is 29.7 Å². The van der Waals surface area contributed by atoms with Gasteiger partial charge in [-0.05, 0) is 13.8 Å². The van der Waals surface area contributed by atoms with Crippen LogP contribution in [0, 0.1) is 23.7 Å². The molecule has 1 fully saturated rings. The number of hydroxylamine groups is 1. The molecule has 3 rings (SSSR count). The Labute approximate surface area is 187 Å². The highest BCUT2D eigenvalue weighted by Crippen LogP contribution is 2.38. The van der Waals surface area contributed by atoms with Crippen molar-refractivity contribution in [3.8, 4) is 23.7 Å². The first-order valence-electron chi connectivity index (χ1n) is 10.1. The van der Waals surface area contributed by atoms with E-state index in [-0.39, 0.29) is 24.6 Å². The van der Waals surface area contributed by atoms with Crippen molar-refractivity contribution >= 4 is 17.5 Å².